The highest BCUT2D eigenvalue weighted by molar-refractivity contribution is 5.53. The fourth-order valence-corrected chi connectivity index (χ4v) is 2.09. The molecule has 0 heterocycles. The Morgan fingerprint density at radius 3 is 2.33 bits per heavy atom. The minimum atomic E-state index is -0.766. The van der Waals surface area contributed by atoms with Crippen molar-refractivity contribution >= 4 is 5.69 Å². The monoisotopic (exact) mass is 287 g/mol. The van der Waals surface area contributed by atoms with E-state index in [1.54, 1.807) is 13.0 Å². The lowest BCUT2D eigenvalue weighted by Gasteiger charge is -2.13. The second kappa shape index (κ2) is 5.93. The zero-order valence-corrected chi connectivity index (χ0v) is 12.2. The van der Waals surface area contributed by atoms with Gasteiger partial charge in [-0.25, -0.2) is 0 Å². The number of nitrogens with zero attached hydrogens (tertiary/aromatic N) is 1. The van der Waals surface area contributed by atoms with Crippen LogP contribution in [0.5, 0.6) is 11.5 Å². The molecule has 0 aromatic heterocycles. The fourth-order valence-electron chi connectivity index (χ4n) is 2.09. The van der Waals surface area contributed by atoms with E-state index < -0.39 is 11.0 Å². The molecule has 0 saturated carbocycles. The molecule has 2 aromatic rings. The number of aliphatic hydroxyl groups excluding tert-OH is 1. The molecule has 110 valence electrons. The van der Waals surface area contributed by atoms with E-state index in [1.807, 2.05) is 32.0 Å². The number of ether oxygens (including phenoxy) is 1. The maximum atomic E-state index is 11.2. The molecule has 5 nitrogen and oxygen atoms in total. The molecule has 2 rings (SSSR count). The second-order valence-electron chi connectivity index (χ2n) is 4.98. The molecule has 0 radical (unpaired) electrons. The Morgan fingerprint density at radius 2 is 1.81 bits per heavy atom. The van der Waals surface area contributed by atoms with Crippen LogP contribution < -0.4 is 4.74 Å². The van der Waals surface area contributed by atoms with Crippen LogP contribution in [-0.4, -0.2) is 10.0 Å². The lowest BCUT2D eigenvalue weighted by molar-refractivity contribution is -0.385. The first kappa shape index (κ1) is 15.0. The third-order valence-corrected chi connectivity index (χ3v) is 3.28. The van der Waals surface area contributed by atoms with Crippen molar-refractivity contribution in [1.82, 2.24) is 0 Å². The normalized spacial score (nSPS) is 12.0. The zero-order chi connectivity index (χ0) is 15.6. The topological polar surface area (TPSA) is 72.6 Å². The number of benzene rings is 2. The molecule has 1 unspecified atom stereocenters. The van der Waals surface area contributed by atoms with E-state index in [4.69, 9.17) is 4.74 Å². The largest absolute Gasteiger partial charge is 0.450 e. The summed E-state index contributed by atoms with van der Waals surface area (Å²) >= 11 is 0. The molecule has 21 heavy (non-hydrogen) atoms. The summed E-state index contributed by atoms with van der Waals surface area (Å²) in [5, 5.41) is 20.7. The van der Waals surface area contributed by atoms with E-state index in [-0.39, 0.29) is 11.4 Å². The van der Waals surface area contributed by atoms with Gasteiger partial charge in [0.25, 0.3) is 0 Å². The van der Waals surface area contributed by atoms with Crippen LogP contribution >= 0.6 is 0 Å². The molecular weight excluding hydrogens is 270 g/mol. The summed E-state index contributed by atoms with van der Waals surface area (Å²) in [6, 6.07) is 10.2. The first-order valence-corrected chi connectivity index (χ1v) is 6.60. The van der Waals surface area contributed by atoms with Gasteiger partial charge in [-0.3, -0.25) is 10.1 Å². The van der Waals surface area contributed by atoms with Crippen molar-refractivity contribution in [2.75, 3.05) is 0 Å². The molecule has 1 N–H and O–H groups in total. The zero-order valence-electron chi connectivity index (χ0n) is 12.2. The van der Waals surface area contributed by atoms with Crippen molar-refractivity contribution in [3.8, 4) is 11.5 Å². The minimum Gasteiger partial charge on any atom is -0.450 e. The Kier molecular flexibility index (Phi) is 4.23. The van der Waals surface area contributed by atoms with Crippen molar-refractivity contribution in [1.29, 1.82) is 0 Å². The van der Waals surface area contributed by atoms with Crippen LogP contribution in [-0.2, 0) is 0 Å². The Balaban J connectivity index is 2.47. The maximum absolute atomic E-state index is 11.2. The smallest absolute Gasteiger partial charge is 0.311 e. The summed E-state index contributed by atoms with van der Waals surface area (Å²) in [5.74, 6) is 0.784. The molecule has 1 atom stereocenters. The van der Waals surface area contributed by atoms with Gasteiger partial charge in [-0.1, -0.05) is 24.3 Å². The summed E-state index contributed by atoms with van der Waals surface area (Å²) in [6.07, 6.45) is -0.766. The van der Waals surface area contributed by atoms with Crippen LogP contribution in [0.25, 0.3) is 0 Å². The first-order valence-electron chi connectivity index (χ1n) is 6.60. The van der Waals surface area contributed by atoms with Gasteiger partial charge in [-0.15, -0.1) is 0 Å². The number of hydrogen-bond donors (Lipinski definition) is 1. The second-order valence-corrected chi connectivity index (χ2v) is 4.98. The van der Waals surface area contributed by atoms with E-state index in [1.165, 1.54) is 12.1 Å². The van der Waals surface area contributed by atoms with Gasteiger partial charge in [0.05, 0.1) is 11.0 Å². The fraction of sp³-hybridized carbons (Fsp3) is 0.250. The molecule has 0 amide bonds. The van der Waals surface area contributed by atoms with Gasteiger partial charge in [-0.05, 0) is 43.5 Å². The summed E-state index contributed by atoms with van der Waals surface area (Å²) < 4.78 is 5.74. The van der Waals surface area contributed by atoms with Gasteiger partial charge in [0, 0.05) is 6.07 Å². The first-order chi connectivity index (χ1) is 9.90. The van der Waals surface area contributed by atoms with Gasteiger partial charge in [-0.2, -0.15) is 0 Å². The van der Waals surface area contributed by atoms with Gasteiger partial charge < -0.3 is 9.84 Å². The third-order valence-electron chi connectivity index (χ3n) is 3.28. The van der Waals surface area contributed by atoms with Crippen LogP contribution in [0.15, 0.2) is 36.4 Å². The molecule has 0 spiro atoms. The predicted octanol–water partition coefficient (Wildman–Crippen LogP) is 4.06. The number of nitro benzene ring substituents is 1. The van der Waals surface area contributed by atoms with E-state index >= 15 is 0 Å². The Labute approximate surface area is 123 Å². The Hall–Kier alpha value is -2.40. The van der Waals surface area contributed by atoms with Gasteiger partial charge >= 0.3 is 5.69 Å². The highest BCUT2D eigenvalue weighted by atomic mass is 16.6. The van der Waals surface area contributed by atoms with Crippen LogP contribution in [0, 0.1) is 24.0 Å². The summed E-state index contributed by atoms with van der Waals surface area (Å²) in [7, 11) is 0. The molecule has 0 bridgehead atoms. The summed E-state index contributed by atoms with van der Waals surface area (Å²) in [5.41, 5.74) is 2.14. The quantitative estimate of drug-likeness (QED) is 0.680. The molecule has 0 aliphatic rings. The van der Waals surface area contributed by atoms with Crippen LogP contribution in [0.4, 0.5) is 5.69 Å². The Bertz CT molecular complexity index is 660. The minimum absolute atomic E-state index is 0.156. The van der Waals surface area contributed by atoms with E-state index in [0.717, 1.165) is 11.1 Å². The van der Waals surface area contributed by atoms with Crippen molar-refractivity contribution in [3.63, 3.8) is 0 Å². The van der Waals surface area contributed by atoms with Crippen LogP contribution in [0.2, 0.25) is 0 Å². The number of aryl methyl sites for hydroxylation is 2. The third kappa shape index (κ3) is 3.20. The Morgan fingerprint density at radius 1 is 1.19 bits per heavy atom. The van der Waals surface area contributed by atoms with E-state index in [9.17, 15) is 15.2 Å². The highest BCUT2D eigenvalue weighted by Gasteiger charge is 2.19. The summed E-state index contributed by atoms with van der Waals surface area (Å²) in [6.45, 7) is 5.34. The van der Waals surface area contributed by atoms with Crippen molar-refractivity contribution in [2.24, 2.45) is 0 Å². The number of rotatable bonds is 4. The predicted molar refractivity (Wildman–Crippen MR) is 79.7 cm³/mol. The van der Waals surface area contributed by atoms with Gasteiger partial charge in [0.1, 0.15) is 5.75 Å². The standard InChI is InChI=1S/C16H17NO4/c1-10-5-4-6-11(2)16(10)21-15-8-7-13(12(3)18)9-14(15)17(19)20/h4-9,12,18H,1-3H3. The molecule has 2 aromatic carbocycles. The average Bonchev–Trinajstić information content (AvgIpc) is 2.42. The number of hydrogen-bond acceptors (Lipinski definition) is 4. The van der Waals surface area contributed by atoms with E-state index in [0.29, 0.717) is 11.3 Å². The molecule has 0 saturated heterocycles. The number of para-hydroxylation sites is 1. The van der Waals surface area contributed by atoms with Crippen molar-refractivity contribution < 1.29 is 14.8 Å². The lowest BCUT2D eigenvalue weighted by Crippen LogP contribution is -1.99. The van der Waals surface area contributed by atoms with Crippen LogP contribution in [0.3, 0.4) is 0 Å². The molecule has 0 aliphatic heterocycles. The maximum Gasteiger partial charge on any atom is 0.311 e. The highest BCUT2D eigenvalue weighted by Crippen LogP contribution is 2.36. The number of nitro groups is 1. The average molecular weight is 287 g/mol. The van der Waals surface area contributed by atoms with Crippen molar-refractivity contribution in [3.05, 3.63) is 63.2 Å². The van der Waals surface area contributed by atoms with E-state index in [2.05, 4.69) is 0 Å². The van der Waals surface area contributed by atoms with Crippen LogP contribution in [0.1, 0.15) is 29.7 Å². The molecule has 0 aliphatic carbocycles. The summed E-state index contributed by atoms with van der Waals surface area (Å²) in [4.78, 5) is 10.7. The lowest BCUT2D eigenvalue weighted by atomic mass is 10.1. The number of aliphatic hydroxyl groups is 1. The van der Waals surface area contributed by atoms with Gasteiger partial charge in [0.15, 0.2) is 0 Å². The van der Waals surface area contributed by atoms with Crippen molar-refractivity contribution in [2.45, 2.75) is 26.9 Å². The SMILES string of the molecule is Cc1cccc(C)c1Oc1ccc(C(C)O)cc1[N+](=O)[O-]. The molecular formula is C16H17NO4. The molecule has 0 fully saturated rings. The molecule has 5 heteroatoms. The van der Waals surface area contributed by atoms with Gasteiger partial charge in [0.2, 0.25) is 5.75 Å².